The Balaban J connectivity index is 2.07. The Labute approximate surface area is 100 Å². The van der Waals surface area contributed by atoms with Gasteiger partial charge in [-0.1, -0.05) is 6.92 Å². The van der Waals surface area contributed by atoms with Crippen LogP contribution in [0.3, 0.4) is 0 Å². The Morgan fingerprint density at radius 3 is 2.69 bits per heavy atom. The van der Waals surface area contributed by atoms with Gasteiger partial charge in [-0.2, -0.15) is 0 Å². The minimum absolute atomic E-state index is 0.349. The van der Waals surface area contributed by atoms with Gasteiger partial charge in [-0.3, -0.25) is 0 Å². The Morgan fingerprint density at radius 1 is 1.31 bits per heavy atom. The molecule has 86 valence electrons. The fraction of sp³-hybridized carbons (Fsp3) is 0.385. The van der Waals surface area contributed by atoms with Gasteiger partial charge in [-0.05, 0) is 31.7 Å². The van der Waals surface area contributed by atoms with Crippen LogP contribution in [0.25, 0.3) is 0 Å². The smallest absolute Gasteiger partial charge is 0.0950 e. The second-order valence-corrected chi connectivity index (χ2v) is 5.08. The van der Waals surface area contributed by atoms with E-state index in [9.17, 15) is 0 Å². The average molecular weight is 235 g/mol. The number of aryl methyl sites for hydroxylation is 1. The third-order valence-electron chi connectivity index (χ3n) is 2.77. The van der Waals surface area contributed by atoms with Gasteiger partial charge in [0.25, 0.3) is 0 Å². The summed E-state index contributed by atoms with van der Waals surface area (Å²) in [6.07, 6.45) is 5.70. The fourth-order valence-corrected chi connectivity index (χ4v) is 2.79. The summed E-state index contributed by atoms with van der Waals surface area (Å²) in [5.41, 5.74) is 1.22. The summed E-state index contributed by atoms with van der Waals surface area (Å²) in [6.45, 7) is 2.20. The molecule has 0 radical (unpaired) electrons. The topological polar surface area (TPSA) is 25.2 Å². The van der Waals surface area contributed by atoms with Crippen molar-refractivity contribution in [3.63, 3.8) is 0 Å². The molecule has 0 aliphatic rings. The third-order valence-corrected chi connectivity index (χ3v) is 4.02. The highest BCUT2D eigenvalue weighted by molar-refractivity contribution is 7.11. The number of likely N-dealkylation sites (N-methyl/N-ethyl adjacent to an activating group) is 1. The fourth-order valence-electron chi connectivity index (χ4n) is 1.78. The van der Waals surface area contributed by atoms with E-state index in [4.69, 9.17) is 4.42 Å². The van der Waals surface area contributed by atoms with E-state index in [0.29, 0.717) is 6.04 Å². The van der Waals surface area contributed by atoms with Crippen LogP contribution in [0.1, 0.15) is 28.3 Å². The lowest BCUT2D eigenvalue weighted by Gasteiger charge is -2.12. The normalized spacial score (nSPS) is 12.9. The summed E-state index contributed by atoms with van der Waals surface area (Å²) in [6, 6.07) is 6.83. The standard InChI is InChI=1S/C13H17NOS/c1-3-11-4-5-12(16-11)8-13(14-2)10-6-7-15-9-10/h4-7,9,13-14H,3,8H2,1-2H3. The van der Waals surface area contributed by atoms with Crippen molar-refractivity contribution in [3.8, 4) is 0 Å². The van der Waals surface area contributed by atoms with Crippen molar-refractivity contribution in [2.75, 3.05) is 7.05 Å². The molecule has 2 rings (SSSR count). The molecule has 3 heteroatoms. The zero-order valence-corrected chi connectivity index (χ0v) is 10.5. The molecule has 1 unspecified atom stereocenters. The Hall–Kier alpha value is -1.06. The van der Waals surface area contributed by atoms with Crippen LogP contribution in [-0.2, 0) is 12.8 Å². The number of hydrogen-bond acceptors (Lipinski definition) is 3. The van der Waals surface area contributed by atoms with Crippen molar-refractivity contribution in [1.82, 2.24) is 5.32 Å². The maximum Gasteiger partial charge on any atom is 0.0950 e. The predicted octanol–water partition coefficient (Wildman–Crippen LogP) is 3.41. The molecule has 0 fully saturated rings. The first-order valence-corrected chi connectivity index (χ1v) is 6.42. The van der Waals surface area contributed by atoms with Gasteiger partial charge < -0.3 is 9.73 Å². The van der Waals surface area contributed by atoms with E-state index in [1.165, 1.54) is 15.3 Å². The second-order valence-electron chi connectivity index (χ2n) is 3.82. The minimum Gasteiger partial charge on any atom is -0.472 e. The van der Waals surface area contributed by atoms with E-state index in [-0.39, 0.29) is 0 Å². The van der Waals surface area contributed by atoms with Crippen LogP contribution in [0.15, 0.2) is 35.1 Å². The summed E-state index contributed by atoms with van der Waals surface area (Å²) >= 11 is 1.90. The molecule has 2 heterocycles. The first-order valence-electron chi connectivity index (χ1n) is 5.60. The maximum absolute atomic E-state index is 5.12. The zero-order valence-electron chi connectivity index (χ0n) is 9.69. The van der Waals surface area contributed by atoms with Gasteiger partial charge in [0.15, 0.2) is 0 Å². The summed E-state index contributed by atoms with van der Waals surface area (Å²) in [7, 11) is 1.99. The van der Waals surface area contributed by atoms with E-state index < -0.39 is 0 Å². The summed E-state index contributed by atoms with van der Waals surface area (Å²) in [5, 5.41) is 3.33. The molecule has 2 nitrogen and oxygen atoms in total. The van der Waals surface area contributed by atoms with E-state index >= 15 is 0 Å². The second kappa shape index (κ2) is 5.32. The van der Waals surface area contributed by atoms with Crippen molar-refractivity contribution < 1.29 is 4.42 Å². The highest BCUT2D eigenvalue weighted by Crippen LogP contribution is 2.24. The van der Waals surface area contributed by atoms with Crippen molar-refractivity contribution in [2.45, 2.75) is 25.8 Å². The number of hydrogen-bond donors (Lipinski definition) is 1. The lowest BCUT2D eigenvalue weighted by molar-refractivity contribution is 0.543. The average Bonchev–Trinajstić information content (AvgIpc) is 2.96. The molecule has 0 saturated heterocycles. The summed E-state index contributed by atoms with van der Waals surface area (Å²) in [4.78, 5) is 2.88. The van der Waals surface area contributed by atoms with Crippen LogP contribution in [0.5, 0.6) is 0 Å². The van der Waals surface area contributed by atoms with Gasteiger partial charge in [0, 0.05) is 27.8 Å². The molecule has 2 aromatic rings. The Bertz CT molecular complexity index is 419. The van der Waals surface area contributed by atoms with Crippen LogP contribution in [-0.4, -0.2) is 7.05 Å². The maximum atomic E-state index is 5.12. The van der Waals surface area contributed by atoms with Crippen LogP contribution >= 0.6 is 11.3 Å². The van der Waals surface area contributed by atoms with Gasteiger partial charge in [0.2, 0.25) is 0 Å². The van der Waals surface area contributed by atoms with E-state index in [0.717, 1.165) is 12.8 Å². The number of thiophene rings is 1. The van der Waals surface area contributed by atoms with Crippen molar-refractivity contribution >= 4 is 11.3 Å². The van der Waals surface area contributed by atoms with Gasteiger partial charge in [-0.15, -0.1) is 11.3 Å². The quantitative estimate of drug-likeness (QED) is 0.859. The van der Waals surface area contributed by atoms with E-state index in [1.807, 2.05) is 30.7 Å². The molecular weight excluding hydrogens is 218 g/mol. The molecule has 0 amide bonds. The third kappa shape index (κ3) is 2.54. The Kier molecular flexibility index (Phi) is 3.80. The molecule has 0 spiro atoms. The molecule has 1 atom stereocenters. The van der Waals surface area contributed by atoms with E-state index in [2.05, 4.69) is 24.4 Å². The lowest BCUT2D eigenvalue weighted by atomic mass is 10.1. The van der Waals surface area contributed by atoms with E-state index in [1.54, 1.807) is 6.26 Å². The molecule has 0 aliphatic carbocycles. The monoisotopic (exact) mass is 235 g/mol. The van der Waals surface area contributed by atoms with Gasteiger partial charge in [0.05, 0.1) is 12.5 Å². The zero-order chi connectivity index (χ0) is 11.4. The number of rotatable bonds is 5. The predicted molar refractivity (Wildman–Crippen MR) is 67.9 cm³/mol. The summed E-state index contributed by atoms with van der Waals surface area (Å²) in [5.74, 6) is 0. The Morgan fingerprint density at radius 2 is 2.12 bits per heavy atom. The summed E-state index contributed by atoms with van der Waals surface area (Å²) < 4.78 is 5.12. The van der Waals surface area contributed by atoms with Crippen molar-refractivity contribution in [3.05, 3.63) is 46.0 Å². The van der Waals surface area contributed by atoms with Gasteiger partial charge in [-0.25, -0.2) is 0 Å². The molecule has 0 saturated carbocycles. The SMILES string of the molecule is CCc1ccc(CC(NC)c2ccoc2)s1. The molecule has 16 heavy (non-hydrogen) atoms. The molecule has 1 N–H and O–H groups in total. The number of nitrogens with one attached hydrogen (secondary N) is 1. The van der Waals surface area contributed by atoms with Crippen molar-refractivity contribution in [2.24, 2.45) is 0 Å². The van der Waals surface area contributed by atoms with Gasteiger partial charge >= 0.3 is 0 Å². The lowest BCUT2D eigenvalue weighted by Crippen LogP contribution is -2.17. The highest BCUT2D eigenvalue weighted by Gasteiger charge is 2.12. The molecule has 0 aromatic carbocycles. The number of furan rings is 1. The molecular formula is C13H17NOS. The van der Waals surface area contributed by atoms with Crippen LogP contribution in [0.2, 0.25) is 0 Å². The first kappa shape index (κ1) is 11.4. The van der Waals surface area contributed by atoms with Crippen LogP contribution in [0.4, 0.5) is 0 Å². The van der Waals surface area contributed by atoms with Crippen molar-refractivity contribution in [1.29, 1.82) is 0 Å². The molecule has 0 aliphatic heterocycles. The first-order chi connectivity index (χ1) is 7.83. The molecule has 0 bridgehead atoms. The van der Waals surface area contributed by atoms with Crippen LogP contribution < -0.4 is 5.32 Å². The minimum atomic E-state index is 0.349. The van der Waals surface area contributed by atoms with Crippen LogP contribution in [0, 0.1) is 0 Å². The largest absolute Gasteiger partial charge is 0.472 e. The molecule has 2 aromatic heterocycles. The van der Waals surface area contributed by atoms with Gasteiger partial charge in [0.1, 0.15) is 0 Å². The highest BCUT2D eigenvalue weighted by atomic mass is 32.1.